The Morgan fingerprint density at radius 2 is 2.04 bits per heavy atom. The van der Waals surface area contributed by atoms with E-state index in [1.54, 1.807) is 6.20 Å². The number of piperidine rings is 1. The molecule has 2 aliphatic rings. The molecule has 2 saturated heterocycles. The Morgan fingerprint density at radius 3 is 2.80 bits per heavy atom. The second kappa shape index (κ2) is 6.41. The van der Waals surface area contributed by atoms with Gasteiger partial charge in [0.15, 0.2) is 0 Å². The summed E-state index contributed by atoms with van der Waals surface area (Å²) in [5.41, 5.74) is 0.813. The zero-order valence-corrected chi connectivity index (χ0v) is 15.2. The maximum atomic E-state index is 13.2. The van der Waals surface area contributed by atoms with E-state index in [1.165, 1.54) is 19.4 Å². The fourth-order valence-electron chi connectivity index (χ4n) is 4.50. The third-order valence-corrected chi connectivity index (χ3v) is 5.82. The normalized spacial score (nSPS) is 24.0. The summed E-state index contributed by atoms with van der Waals surface area (Å²) in [4.78, 5) is 22.3. The first kappa shape index (κ1) is 16.5. The van der Waals surface area contributed by atoms with Gasteiger partial charge in [-0.2, -0.15) is 0 Å². The highest BCUT2D eigenvalue weighted by Gasteiger charge is 2.48. The van der Waals surface area contributed by atoms with Crippen LogP contribution in [-0.2, 0) is 0 Å². The average Bonchev–Trinajstić information content (AvgIpc) is 2.64. The van der Waals surface area contributed by atoms with Gasteiger partial charge in [0, 0.05) is 43.3 Å². The Kier molecular flexibility index (Phi) is 4.24. The summed E-state index contributed by atoms with van der Waals surface area (Å²) < 4.78 is 0. The Balaban J connectivity index is 1.58. The standard InChI is InChI=1S/C21H27N3O/c1-16(2)14-24-13-10-21(24)9-5-12-23(15-21)20(25)19-18-7-4-3-6-17(18)8-11-22-19/h3-4,6-8,11,16H,5,9-10,12-15H2,1-2H3/t21-/m0/s1. The molecule has 4 heteroatoms. The van der Waals surface area contributed by atoms with Gasteiger partial charge in [0.05, 0.1) is 0 Å². The van der Waals surface area contributed by atoms with E-state index >= 15 is 0 Å². The van der Waals surface area contributed by atoms with Gasteiger partial charge in [0.25, 0.3) is 5.91 Å². The first-order valence-electron chi connectivity index (χ1n) is 9.47. The molecule has 0 saturated carbocycles. The molecule has 1 aromatic heterocycles. The van der Waals surface area contributed by atoms with Crippen LogP contribution in [0, 0.1) is 5.92 Å². The van der Waals surface area contributed by atoms with Gasteiger partial charge >= 0.3 is 0 Å². The van der Waals surface area contributed by atoms with Gasteiger partial charge in [-0.15, -0.1) is 0 Å². The molecule has 4 rings (SSSR count). The molecule has 2 fully saturated rings. The summed E-state index contributed by atoms with van der Waals surface area (Å²) in [5.74, 6) is 0.759. The van der Waals surface area contributed by atoms with Crippen molar-refractivity contribution in [2.45, 2.75) is 38.6 Å². The Hall–Kier alpha value is -1.94. The summed E-state index contributed by atoms with van der Waals surface area (Å²) in [5, 5.41) is 2.04. The second-order valence-corrected chi connectivity index (χ2v) is 8.03. The number of hydrogen-bond acceptors (Lipinski definition) is 3. The summed E-state index contributed by atoms with van der Waals surface area (Å²) in [6.45, 7) is 8.56. The molecule has 0 radical (unpaired) electrons. The Bertz CT molecular complexity index is 782. The van der Waals surface area contributed by atoms with Crippen molar-refractivity contribution in [3.63, 3.8) is 0 Å². The first-order chi connectivity index (χ1) is 12.1. The highest BCUT2D eigenvalue weighted by Crippen LogP contribution is 2.39. The number of amides is 1. The van der Waals surface area contributed by atoms with Crippen molar-refractivity contribution in [2.75, 3.05) is 26.2 Å². The summed E-state index contributed by atoms with van der Waals surface area (Å²) in [6, 6.07) is 10.0. The van der Waals surface area contributed by atoms with Gasteiger partial charge < -0.3 is 4.90 Å². The topological polar surface area (TPSA) is 36.4 Å². The van der Waals surface area contributed by atoms with Crippen molar-refractivity contribution >= 4 is 16.7 Å². The van der Waals surface area contributed by atoms with Crippen LogP contribution in [0.3, 0.4) is 0 Å². The molecule has 2 aliphatic heterocycles. The number of rotatable bonds is 3. The molecule has 1 amide bonds. The quantitative estimate of drug-likeness (QED) is 0.859. The van der Waals surface area contributed by atoms with Gasteiger partial charge in [-0.3, -0.25) is 14.7 Å². The smallest absolute Gasteiger partial charge is 0.273 e. The maximum Gasteiger partial charge on any atom is 0.273 e. The average molecular weight is 337 g/mol. The van der Waals surface area contributed by atoms with E-state index in [9.17, 15) is 4.79 Å². The molecule has 1 aromatic carbocycles. The van der Waals surface area contributed by atoms with E-state index < -0.39 is 0 Å². The fourth-order valence-corrected chi connectivity index (χ4v) is 4.50. The van der Waals surface area contributed by atoms with Crippen LogP contribution in [0.2, 0.25) is 0 Å². The van der Waals surface area contributed by atoms with E-state index in [0.29, 0.717) is 11.6 Å². The van der Waals surface area contributed by atoms with E-state index in [-0.39, 0.29) is 11.4 Å². The van der Waals surface area contributed by atoms with E-state index in [2.05, 4.69) is 23.7 Å². The predicted octanol–water partition coefficient (Wildman–Crippen LogP) is 3.57. The highest BCUT2D eigenvalue weighted by molar-refractivity contribution is 6.05. The minimum Gasteiger partial charge on any atom is -0.335 e. The first-order valence-corrected chi connectivity index (χ1v) is 9.47. The SMILES string of the molecule is CC(C)CN1CC[C@]12CCCN(C(=O)c1nccc3ccccc13)C2. The largest absolute Gasteiger partial charge is 0.335 e. The zero-order chi connectivity index (χ0) is 17.4. The number of hydrogen-bond donors (Lipinski definition) is 0. The van der Waals surface area contributed by atoms with E-state index in [4.69, 9.17) is 0 Å². The van der Waals surface area contributed by atoms with Crippen LogP contribution in [-0.4, -0.2) is 52.4 Å². The van der Waals surface area contributed by atoms with Crippen molar-refractivity contribution in [1.29, 1.82) is 0 Å². The van der Waals surface area contributed by atoms with Gasteiger partial charge in [0.2, 0.25) is 0 Å². The monoisotopic (exact) mass is 337 g/mol. The number of nitrogens with zero attached hydrogens (tertiary/aromatic N) is 3. The lowest BCUT2D eigenvalue weighted by atomic mass is 9.77. The molecule has 0 unspecified atom stereocenters. The lowest BCUT2D eigenvalue weighted by Gasteiger charge is -2.57. The van der Waals surface area contributed by atoms with Gasteiger partial charge in [0.1, 0.15) is 5.69 Å². The van der Waals surface area contributed by atoms with Crippen molar-refractivity contribution in [1.82, 2.24) is 14.8 Å². The van der Waals surface area contributed by atoms with Crippen LogP contribution < -0.4 is 0 Å². The summed E-state index contributed by atoms with van der Waals surface area (Å²) >= 11 is 0. The number of aromatic nitrogens is 1. The molecule has 2 aromatic rings. The molecule has 1 spiro atoms. The number of fused-ring (bicyclic) bond motifs is 1. The second-order valence-electron chi connectivity index (χ2n) is 8.03. The molecular weight excluding hydrogens is 310 g/mol. The molecule has 25 heavy (non-hydrogen) atoms. The number of pyridine rings is 1. The summed E-state index contributed by atoms with van der Waals surface area (Å²) in [6.07, 6.45) is 5.27. The van der Waals surface area contributed by atoms with Crippen LogP contribution in [0.4, 0.5) is 0 Å². The molecular formula is C21H27N3O. The zero-order valence-electron chi connectivity index (χ0n) is 15.2. The van der Waals surface area contributed by atoms with Crippen molar-refractivity contribution in [3.8, 4) is 0 Å². The summed E-state index contributed by atoms with van der Waals surface area (Å²) in [7, 11) is 0. The molecule has 0 N–H and O–H groups in total. The van der Waals surface area contributed by atoms with Gasteiger partial charge in [-0.25, -0.2) is 0 Å². The highest BCUT2D eigenvalue weighted by atomic mass is 16.2. The molecule has 0 bridgehead atoms. The van der Waals surface area contributed by atoms with Crippen LogP contribution in [0.1, 0.15) is 43.6 Å². The van der Waals surface area contributed by atoms with Crippen molar-refractivity contribution < 1.29 is 4.79 Å². The molecule has 4 nitrogen and oxygen atoms in total. The van der Waals surface area contributed by atoms with Crippen LogP contribution >= 0.6 is 0 Å². The number of benzene rings is 1. The lowest BCUT2D eigenvalue weighted by molar-refractivity contribution is -0.0648. The number of likely N-dealkylation sites (tertiary alicyclic amines) is 2. The minimum absolute atomic E-state index is 0.0901. The number of carbonyl (C=O) groups is 1. The Labute approximate surface area is 149 Å². The van der Waals surface area contributed by atoms with Gasteiger partial charge in [-0.05, 0) is 36.6 Å². The van der Waals surface area contributed by atoms with E-state index in [1.807, 2.05) is 35.2 Å². The molecule has 0 aliphatic carbocycles. The lowest BCUT2D eigenvalue weighted by Crippen LogP contribution is -2.68. The Morgan fingerprint density at radius 1 is 1.20 bits per heavy atom. The molecule has 132 valence electrons. The third-order valence-electron chi connectivity index (χ3n) is 5.82. The predicted molar refractivity (Wildman–Crippen MR) is 101 cm³/mol. The number of carbonyl (C=O) groups excluding carboxylic acids is 1. The van der Waals surface area contributed by atoms with Crippen molar-refractivity contribution in [3.05, 3.63) is 42.2 Å². The maximum absolute atomic E-state index is 13.2. The van der Waals surface area contributed by atoms with Gasteiger partial charge in [-0.1, -0.05) is 38.1 Å². The van der Waals surface area contributed by atoms with Crippen LogP contribution in [0.5, 0.6) is 0 Å². The fraction of sp³-hybridized carbons (Fsp3) is 0.524. The van der Waals surface area contributed by atoms with Crippen molar-refractivity contribution in [2.24, 2.45) is 5.92 Å². The molecule has 3 heterocycles. The third kappa shape index (κ3) is 2.93. The van der Waals surface area contributed by atoms with E-state index in [0.717, 1.165) is 36.8 Å². The van der Waals surface area contributed by atoms with Crippen LogP contribution in [0.25, 0.3) is 10.8 Å². The van der Waals surface area contributed by atoms with Crippen LogP contribution in [0.15, 0.2) is 36.5 Å². The minimum atomic E-state index is 0.0901. The molecule has 1 atom stereocenters.